The van der Waals surface area contributed by atoms with Crippen LogP contribution in [0.15, 0.2) is 67.1 Å². The quantitative estimate of drug-likeness (QED) is 0.195. The topological polar surface area (TPSA) is 158 Å². The molecular weight excluding hydrogens is 716 g/mol. The summed E-state index contributed by atoms with van der Waals surface area (Å²) in [5, 5.41) is 9.76. The minimum absolute atomic E-state index is 0.0149. The molecule has 15 heteroatoms. The second-order valence-corrected chi connectivity index (χ2v) is 14.7. The number of halogens is 1. The molecule has 2 aromatic carbocycles. The van der Waals surface area contributed by atoms with Crippen LogP contribution in [0.5, 0.6) is 5.88 Å². The van der Waals surface area contributed by atoms with Gasteiger partial charge < -0.3 is 25.2 Å². The van der Waals surface area contributed by atoms with Gasteiger partial charge in [-0.2, -0.15) is 0 Å². The molecule has 3 amide bonds. The van der Waals surface area contributed by atoms with Gasteiger partial charge in [0.05, 0.1) is 35.4 Å². The van der Waals surface area contributed by atoms with E-state index in [4.69, 9.17) is 9.72 Å². The number of carbonyl (C=O) groups excluding carboxylic acids is 3. The minimum Gasteiger partial charge on any atom is -0.474 e. The molecule has 0 spiro atoms. The standard InChI is InChI=1S/C41H41FN10O4/c1-24-32(21-45-40-38(24)43-10-15-56-40)25-2-3-27-19-46-41(48-35(27)16-25)47-28-5-4-26(33(42)18-28)17-37(54)51-13-11-50(12-14-51)30-22-52(23-30)29-6-8-34(44-20-29)31-7-9-36(53)49-39(31)55/h2-6,8,16,18-21,30-31,43H,7,9-15,17,22-23H2,1H3,(H,46,47,48)(H,49,53,55). The van der Waals surface area contributed by atoms with Crippen molar-refractivity contribution in [3.63, 3.8) is 0 Å². The molecule has 0 bridgehead atoms. The van der Waals surface area contributed by atoms with Gasteiger partial charge >= 0.3 is 0 Å². The average molecular weight is 757 g/mol. The van der Waals surface area contributed by atoms with Gasteiger partial charge in [-0.3, -0.25) is 29.6 Å². The van der Waals surface area contributed by atoms with E-state index in [2.05, 4.69) is 40.7 Å². The molecular formula is C41H41FN10O4. The number of carbonyl (C=O) groups is 3. The van der Waals surface area contributed by atoms with E-state index in [-0.39, 0.29) is 24.1 Å². The van der Waals surface area contributed by atoms with Crippen LogP contribution in [0.3, 0.4) is 0 Å². The Balaban J connectivity index is 0.766. The number of piperazine rings is 1. The van der Waals surface area contributed by atoms with E-state index in [0.717, 1.165) is 71.7 Å². The molecule has 0 saturated carbocycles. The highest BCUT2D eigenvalue weighted by Gasteiger charge is 2.35. The van der Waals surface area contributed by atoms with Crippen molar-refractivity contribution >= 4 is 51.6 Å². The highest BCUT2D eigenvalue weighted by Crippen LogP contribution is 2.36. The molecule has 0 radical (unpaired) electrons. The first-order chi connectivity index (χ1) is 27.3. The van der Waals surface area contributed by atoms with Crippen molar-refractivity contribution in [3.8, 4) is 17.0 Å². The molecule has 9 rings (SSSR count). The Morgan fingerprint density at radius 2 is 1.84 bits per heavy atom. The molecule has 56 heavy (non-hydrogen) atoms. The van der Waals surface area contributed by atoms with E-state index in [1.54, 1.807) is 24.5 Å². The Hall–Kier alpha value is -6.22. The van der Waals surface area contributed by atoms with Crippen molar-refractivity contribution in [1.82, 2.24) is 35.1 Å². The molecule has 3 aromatic heterocycles. The predicted molar refractivity (Wildman–Crippen MR) is 208 cm³/mol. The summed E-state index contributed by atoms with van der Waals surface area (Å²) in [4.78, 5) is 61.6. The van der Waals surface area contributed by atoms with Crippen LogP contribution in [-0.4, -0.2) is 106 Å². The first kappa shape index (κ1) is 35.5. The zero-order valence-corrected chi connectivity index (χ0v) is 30.9. The fourth-order valence-electron chi connectivity index (χ4n) is 7.94. The van der Waals surface area contributed by atoms with Gasteiger partial charge in [0.2, 0.25) is 29.5 Å². The van der Waals surface area contributed by atoms with Crippen molar-refractivity contribution in [2.75, 3.05) is 68.0 Å². The monoisotopic (exact) mass is 756 g/mol. The van der Waals surface area contributed by atoms with E-state index in [0.29, 0.717) is 67.4 Å². The number of anilines is 4. The molecule has 1 atom stereocenters. The van der Waals surface area contributed by atoms with Gasteiger partial charge in [-0.25, -0.2) is 19.3 Å². The highest BCUT2D eigenvalue weighted by molar-refractivity contribution is 6.00. The minimum atomic E-state index is -0.466. The first-order valence-corrected chi connectivity index (χ1v) is 19.0. The summed E-state index contributed by atoms with van der Waals surface area (Å²) >= 11 is 0. The molecule has 3 N–H and O–H groups in total. The number of aromatic nitrogens is 4. The van der Waals surface area contributed by atoms with Crippen LogP contribution in [0.2, 0.25) is 0 Å². The molecule has 1 unspecified atom stereocenters. The van der Waals surface area contributed by atoms with Gasteiger partial charge in [-0.05, 0) is 60.4 Å². The van der Waals surface area contributed by atoms with Crippen molar-refractivity contribution in [1.29, 1.82) is 0 Å². The van der Waals surface area contributed by atoms with Gasteiger partial charge in [0.1, 0.15) is 18.1 Å². The van der Waals surface area contributed by atoms with E-state index < -0.39 is 11.7 Å². The second kappa shape index (κ2) is 14.8. The number of fused-ring (bicyclic) bond motifs is 2. The average Bonchev–Trinajstić information content (AvgIpc) is 3.19. The van der Waals surface area contributed by atoms with Crippen LogP contribution in [0.1, 0.15) is 35.6 Å². The molecule has 286 valence electrons. The lowest BCUT2D eigenvalue weighted by molar-refractivity contribution is -0.134. The van der Waals surface area contributed by atoms with Crippen LogP contribution < -0.4 is 25.6 Å². The number of nitrogens with one attached hydrogen (secondary N) is 3. The molecule has 4 aliphatic heterocycles. The number of benzene rings is 2. The molecule has 7 heterocycles. The van der Waals surface area contributed by atoms with Crippen molar-refractivity contribution in [2.24, 2.45) is 0 Å². The van der Waals surface area contributed by atoms with Crippen molar-refractivity contribution in [3.05, 3.63) is 89.8 Å². The summed E-state index contributed by atoms with van der Waals surface area (Å²) in [7, 11) is 0. The Kier molecular flexibility index (Phi) is 9.37. The van der Waals surface area contributed by atoms with Crippen LogP contribution >= 0.6 is 0 Å². The summed E-state index contributed by atoms with van der Waals surface area (Å²) in [6.45, 7) is 7.75. The predicted octanol–water partition coefficient (Wildman–Crippen LogP) is 4.18. The Morgan fingerprint density at radius 3 is 2.62 bits per heavy atom. The lowest BCUT2D eigenvalue weighted by Crippen LogP contribution is -2.63. The molecule has 5 aromatic rings. The Bertz CT molecular complexity index is 2340. The lowest BCUT2D eigenvalue weighted by Gasteiger charge is -2.49. The smallest absolute Gasteiger partial charge is 0.237 e. The third kappa shape index (κ3) is 7.05. The number of ether oxygens (including phenoxy) is 1. The maximum absolute atomic E-state index is 15.4. The normalized spacial score (nSPS) is 18.8. The molecule has 3 fully saturated rings. The Morgan fingerprint density at radius 1 is 0.982 bits per heavy atom. The molecule has 14 nitrogen and oxygen atoms in total. The third-order valence-corrected chi connectivity index (χ3v) is 11.3. The van der Waals surface area contributed by atoms with Gasteiger partial charge in [0.25, 0.3) is 0 Å². The number of nitrogens with zero attached hydrogens (tertiary/aromatic N) is 7. The van der Waals surface area contributed by atoms with Gasteiger partial charge in [0, 0.05) is 87.3 Å². The van der Waals surface area contributed by atoms with Crippen molar-refractivity contribution < 1.29 is 23.5 Å². The zero-order valence-electron chi connectivity index (χ0n) is 30.9. The van der Waals surface area contributed by atoms with E-state index in [1.807, 2.05) is 48.4 Å². The maximum atomic E-state index is 15.4. The maximum Gasteiger partial charge on any atom is 0.237 e. The number of piperidine rings is 1. The van der Waals surface area contributed by atoms with Crippen molar-refractivity contribution in [2.45, 2.75) is 38.1 Å². The molecule has 3 saturated heterocycles. The summed E-state index contributed by atoms with van der Waals surface area (Å²) in [6, 6.07) is 15.0. The van der Waals surface area contributed by atoms with Gasteiger partial charge in [0.15, 0.2) is 0 Å². The number of rotatable bonds is 8. The van der Waals surface area contributed by atoms with Crippen LogP contribution in [0.25, 0.3) is 22.0 Å². The van der Waals surface area contributed by atoms with E-state index in [1.165, 1.54) is 6.07 Å². The largest absolute Gasteiger partial charge is 0.474 e. The summed E-state index contributed by atoms with van der Waals surface area (Å²) in [5.41, 5.74) is 7.12. The van der Waals surface area contributed by atoms with Crippen LogP contribution in [0.4, 0.5) is 27.4 Å². The van der Waals surface area contributed by atoms with Crippen LogP contribution in [-0.2, 0) is 20.8 Å². The number of amides is 3. The number of hydrogen-bond donors (Lipinski definition) is 3. The number of pyridine rings is 2. The molecule has 0 aliphatic carbocycles. The summed E-state index contributed by atoms with van der Waals surface area (Å²) in [5.74, 6) is -0.531. The van der Waals surface area contributed by atoms with Gasteiger partial charge in [-0.1, -0.05) is 18.2 Å². The van der Waals surface area contributed by atoms with E-state index >= 15 is 4.39 Å². The SMILES string of the molecule is Cc1c(-c2ccc3cnc(Nc4ccc(CC(=O)N5CCN(C6CN(c7ccc(C8CCC(=O)NC8=O)nc7)C6)CC5)c(F)c4)nc3c2)cnc2c1NCCO2. The fraction of sp³-hybridized carbons (Fsp3) is 0.341. The van der Waals surface area contributed by atoms with E-state index in [9.17, 15) is 14.4 Å². The zero-order chi connectivity index (χ0) is 38.3. The highest BCUT2D eigenvalue weighted by atomic mass is 19.1. The van der Waals surface area contributed by atoms with Crippen LogP contribution in [0, 0.1) is 12.7 Å². The first-order valence-electron chi connectivity index (χ1n) is 19.0. The third-order valence-electron chi connectivity index (χ3n) is 11.3. The fourth-order valence-corrected chi connectivity index (χ4v) is 7.94. The lowest BCUT2D eigenvalue weighted by atomic mass is 9.94. The summed E-state index contributed by atoms with van der Waals surface area (Å²) in [6.07, 6.45) is 6.13. The molecule has 4 aliphatic rings. The number of imide groups is 1. The number of hydrogen-bond acceptors (Lipinski definition) is 12. The summed E-state index contributed by atoms with van der Waals surface area (Å²) < 4.78 is 21.0. The second-order valence-electron chi connectivity index (χ2n) is 14.7. The Labute approximate surface area is 322 Å². The van der Waals surface area contributed by atoms with Gasteiger partial charge in [-0.15, -0.1) is 0 Å².